The molecule has 0 aliphatic carbocycles. The fourth-order valence-electron chi connectivity index (χ4n) is 0.726. The molecule has 0 atom stereocenters. The summed E-state index contributed by atoms with van der Waals surface area (Å²) in [7, 11) is 0. The summed E-state index contributed by atoms with van der Waals surface area (Å²) in [6, 6.07) is 0. The van der Waals surface area contributed by atoms with Crippen LogP contribution in [0.4, 0.5) is 4.39 Å². The molecule has 0 aliphatic rings. The predicted octanol–water partition coefficient (Wildman–Crippen LogP) is 3.09. The number of aromatic nitrogens is 1. The van der Waals surface area contributed by atoms with E-state index in [1.807, 2.05) is 6.92 Å². The Labute approximate surface area is 74.2 Å². The fourth-order valence-corrected chi connectivity index (χ4v) is 1.19. The third kappa shape index (κ3) is 1.63. The zero-order valence-electron chi connectivity index (χ0n) is 5.87. The van der Waals surface area contributed by atoms with Crippen LogP contribution < -0.4 is 0 Å². The number of aryl methyl sites for hydroxylation is 1. The van der Waals surface area contributed by atoms with Crippen LogP contribution in [0.1, 0.15) is 12.5 Å². The molecule has 0 fully saturated rings. The van der Waals surface area contributed by atoms with E-state index in [0.29, 0.717) is 12.0 Å². The molecule has 0 N–H and O–H groups in total. The molecule has 0 unspecified atom stereocenters. The molecule has 11 heavy (non-hydrogen) atoms. The van der Waals surface area contributed by atoms with Crippen LogP contribution in [0.5, 0.6) is 0 Å². The quantitative estimate of drug-likeness (QED) is 0.626. The number of halogens is 3. The molecule has 0 bridgehead atoms. The molecule has 0 radical (unpaired) electrons. The van der Waals surface area contributed by atoms with Gasteiger partial charge in [0.15, 0.2) is 11.0 Å². The molecule has 0 spiro atoms. The van der Waals surface area contributed by atoms with Crippen molar-refractivity contribution in [2.45, 2.75) is 13.3 Å². The maximum Gasteiger partial charge on any atom is 0.179 e. The van der Waals surface area contributed by atoms with E-state index in [-0.39, 0.29) is 10.2 Å². The van der Waals surface area contributed by atoms with E-state index in [2.05, 4.69) is 4.98 Å². The molecular weight excluding hydrogens is 188 g/mol. The molecular formula is C7H6Cl2FN. The van der Waals surface area contributed by atoms with Crippen LogP contribution in [0, 0.1) is 5.82 Å². The van der Waals surface area contributed by atoms with Crippen LogP contribution in [0.3, 0.4) is 0 Å². The second-order valence-electron chi connectivity index (χ2n) is 2.06. The second kappa shape index (κ2) is 3.37. The van der Waals surface area contributed by atoms with Crippen LogP contribution in [-0.4, -0.2) is 4.98 Å². The van der Waals surface area contributed by atoms with Gasteiger partial charge in [0, 0.05) is 6.20 Å². The van der Waals surface area contributed by atoms with Crippen molar-refractivity contribution in [1.29, 1.82) is 0 Å². The van der Waals surface area contributed by atoms with Crippen molar-refractivity contribution in [3.8, 4) is 0 Å². The molecule has 60 valence electrons. The summed E-state index contributed by atoms with van der Waals surface area (Å²) in [5, 5.41) is -0.0975. The van der Waals surface area contributed by atoms with Crippen LogP contribution in [0.2, 0.25) is 10.2 Å². The molecule has 0 saturated heterocycles. The van der Waals surface area contributed by atoms with Crippen molar-refractivity contribution in [1.82, 2.24) is 4.98 Å². The largest absolute Gasteiger partial charge is 0.241 e. The SMILES string of the molecule is CCc1cnc(Cl)c(F)c1Cl. The van der Waals surface area contributed by atoms with Gasteiger partial charge in [-0.15, -0.1) is 0 Å². The van der Waals surface area contributed by atoms with E-state index >= 15 is 0 Å². The van der Waals surface area contributed by atoms with E-state index in [9.17, 15) is 4.39 Å². The molecule has 1 aromatic heterocycles. The summed E-state index contributed by atoms with van der Waals surface area (Å²) in [6.45, 7) is 1.87. The molecule has 1 rings (SSSR count). The molecule has 0 amide bonds. The first kappa shape index (κ1) is 8.75. The van der Waals surface area contributed by atoms with Crippen molar-refractivity contribution in [3.05, 3.63) is 27.8 Å². The number of rotatable bonds is 1. The van der Waals surface area contributed by atoms with Crippen LogP contribution in [0.15, 0.2) is 6.20 Å². The van der Waals surface area contributed by atoms with Crippen LogP contribution in [0.25, 0.3) is 0 Å². The van der Waals surface area contributed by atoms with Gasteiger partial charge < -0.3 is 0 Å². The van der Waals surface area contributed by atoms with Crippen molar-refractivity contribution in [2.24, 2.45) is 0 Å². The first-order valence-corrected chi connectivity index (χ1v) is 3.90. The van der Waals surface area contributed by atoms with Crippen molar-refractivity contribution < 1.29 is 4.39 Å². The predicted molar refractivity (Wildman–Crippen MR) is 43.6 cm³/mol. The maximum absolute atomic E-state index is 12.9. The number of hydrogen-bond acceptors (Lipinski definition) is 1. The molecule has 0 saturated carbocycles. The third-order valence-electron chi connectivity index (χ3n) is 1.37. The Balaban J connectivity index is 3.25. The highest BCUT2D eigenvalue weighted by Gasteiger charge is 2.09. The first-order chi connectivity index (χ1) is 5.16. The van der Waals surface area contributed by atoms with Crippen molar-refractivity contribution in [2.75, 3.05) is 0 Å². The lowest BCUT2D eigenvalue weighted by Crippen LogP contribution is -1.90. The van der Waals surface area contributed by atoms with Gasteiger partial charge in [0.1, 0.15) is 0 Å². The zero-order chi connectivity index (χ0) is 8.43. The Morgan fingerprint density at radius 1 is 1.55 bits per heavy atom. The normalized spacial score (nSPS) is 10.2. The van der Waals surface area contributed by atoms with Gasteiger partial charge in [-0.3, -0.25) is 0 Å². The Hall–Kier alpha value is -0.340. The van der Waals surface area contributed by atoms with Gasteiger partial charge in [-0.25, -0.2) is 9.37 Å². The summed E-state index contributed by atoms with van der Waals surface area (Å²) in [4.78, 5) is 3.62. The third-order valence-corrected chi connectivity index (χ3v) is 2.04. The molecule has 0 aromatic carbocycles. The Bertz CT molecular complexity index is 275. The smallest absolute Gasteiger partial charge is 0.179 e. The zero-order valence-corrected chi connectivity index (χ0v) is 7.38. The van der Waals surface area contributed by atoms with Crippen molar-refractivity contribution in [3.63, 3.8) is 0 Å². The Morgan fingerprint density at radius 3 is 2.73 bits per heavy atom. The highest BCUT2D eigenvalue weighted by molar-refractivity contribution is 6.34. The molecule has 1 nitrogen and oxygen atoms in total. The lowest BCUT2D eigenvalue weighted by Gasteiger charge is -2.01. The first-order valence-electron chi connectivity index (χ1n) is 3.15. The van der Waals surface area contributed by atoms with Gasteiger partial charge in [-0.05, 0) is 12.0 Å². The highest BCUT2D eigenvalue weighted by atomic mass is 35.5. The van der Waals surface area contributed by atoms with E-state index in [4.69, 9.17) is 23.2 Å². The minimum absolute atomic E-state index is 0.0764. The van der Waals surface area contributed by atoms with Gasteiger partial charge in [-0.2, -0.15) is 0 Å². The average Bonchev–Trinajstić information content (AvgIpc) is 2.01. The molecule has 1 aromatic rings. The standard InChI is InChI=1S/C7H6Cl2FN/c1-2-4-3-11-7(9)6(10)5(4)8/h3H,2H2,1H3. The van der Waals surface area contributed by atoms with E-state index < -0.39 is 5.82 Å². The van der Waals surface area contributed by atoms with Gasteiger partial charge in [0.25, 0.3) is 0 Å². The Morgan fingerprint density at radius 2 is 2.18 bits per heavy atom. The van der Waals surface area contributed by atoms with Gasteiger partial charge in [0.05, 0.1) is 5.02 Å². The van der Waals surface area contributed by atoms with Gasteiger partial charge >= 0.3 is 0 Å². The monoisotopic (exact) mass is 193 g/mol. The summed E-state index contributed by atoms with van der Waals surface area (Å²) < 4.78 is 12.9. The summed E-state index contributed by atoms with van der Waals surface area (Å²) in [6.07, 6.45) is 2.13. The van der Waals surface area contributed by atoms with Crippen molar-refractivity contribution >= 4 is 23.2 Å². The number of nitrogens with zero attached hydrogens (tertiary/aromatic N) is 1. The van der Waals surface area contributed by atoms with Gasteiger partial charge in [0.2, 0.25) is 0 Å². The minimum atomic E-state index is -0.632. The summed E-state index contributed by atoms with van der Waals surface area (Å²) in [5.74, 6) is -0.632. The topological polar surface area (TPSA) is 12.9 Å². The maximum atomic E-state index is 12.9. The van der Waals surface area contributed by atoms with Crippen LogP contribution in [-0.2, 0) is 6.42 Å². The lowest BCUT2D eigenvalue weighted by molar-refractivity contribution is 0.620. The molecule has 0 aliphatic heterocycles. The Kier molecular flexibility index (Phi) is 2.68. The van der Waals surface area contributed by atoms with Crippen LogP contribution >= 0.6 is 23.2 Å². The van der Waals surface area contributed by atoms with E-state index in [0.717, 1.165) is 0 Å². The average molecular weight is 194 g/mol. The summed E-state index contributed by atoms with van der Waals surface area (Å²) in [5.41, 5.74) is 0.675. The molecule has 4 heteroatoms. The summed E-state index contributed by atoms with van der Waals surface area (Å²) >= 11 is 11.0. The van der Waals surface area contributed by atoms with Gasteiger partial charge in [-0.1, -0.05) is 30.1 Å². The number of hydrogen-bond donors (Lipinski definition) is 0. The highest BCUT2D eigenvalue weighted by Crippen LogP contribution is 2.24. The lowest BCUT2D eigenvalue weighted by atomic mass is 10.2. The van der Waals surface area contributed by atoms with E-state index in [1.165, 1.54) is 6.20 Å². The second-order valence-corrected chi connectivity index (χ2v) is 2.79. The van der Waals surface area contributed by atoms with E-state index in [1.54, 1.807) is 0 Å². The fraction of sp³-hybridized carbons (Fsp3) is 0.286. The minimum Gasteiger partial charge on any atom is -0.241 e. The number of pyridine rings is 1. The molecule has 1 heterocycles.